The highest BCUT2D eigenvalue weighted by Gasteiger charge is 2.21. The number of benzene rings is 1. The number of hydrogen-bond acceptors (Lipinski definition) is 2. The van der Waals surface area contributed by atoms with Crippen molar-refractivity contribution in [3.63, 3.8) is 0 Å². The van der Waals surface area contributed by atoms with Gasteiger partial charge in [-0.15, -0.1) is 0 Å². The van der Waals surface area contributed by atoms with Gasteiger partial charge in [-0.1, -0.05) is 35.6 Å². The van der Waals surface area contributed by atoms with Gasteiger partial charge in [-0.3, -0.25) is 4.40 Å². The van der Waals surface area contributed by atoms with E-state index in [0.29, 0.717) is 0 Å². The molecule has 84 valence electrons. The molecule has 2 aromatic heterocycles. The summed E-state index contributed by atoms with van der Waals surface area (Å²) in [4.78, 5) is 7.11. The Morgan fingerprint density at radius 3 is 3.06 bits per heavy atom. The second kappa shape index (κ2) is 3.20. The van der Waals surface area contributed by atoms with Crippen LogP contribution in [-0.4, -0.2) is 9.38 Å². The molecule has 2 heterocycles. The molecule has 0 saturated heterocycles. The molecule has 0 unspecified atom stereocenters. The Balaban J connectivity index is 2.07. The Labute approximate surface area is 104 Å². The summed E-state index contributed by atoms with van der Waals surface area (Å²) in [6.07, 6.45) is 4.42. The van der Waals surface area contributed by atoms with E-state index in [1.54, 1.807) is 0 Å². The van der Waals surface area contributed by atoms with Crippen molar-refractivity contribution in [1.82, 2.24) is 9.38 Å². The fourth-order valence-corrected chi connectivity index (χ4v) is 3.92. The molecule has 0 aliphatic heterocycles. The predicted molar refractivity (Wildman–Crippen MR) is 70.7 cm³/mol. The molecule has 0 spiro atoms. The van der Waals surface area contributed by atoms with Crippen molar-refractivity contribution in [3.8, 4) is 10.4 Å². The smallest absolute Gasteiger partial charge is 0.194 e. The molecule has 0 amide bonds. The number of hydrogen-bond donors (Lipinski definition) is 0. The predicted octanol–water partition coefficient (Wildman–Crippen LogP) is 3.47. The van der Waals surface area contributed by atoms with Crippen LogP contribution in [0.5, 0.6) is 0 Å². The summed E-state index contributed by atoms with van der Waals surface area (Å²) in [5.74, 6) is 0. The average molecular weight is 240 g/mol. The van der Waals surface area contributed by atoms with E-state index in [1.165, 1.54) is 21.7 Å². The summed E-state index contributed by atoms with van der Waals surface area (Å²) in [6, 6.07) is 8.73. The van der Waals surface area contributed by atoms with E-state index < -0.39 is 0 Å². The second-order valence-corrected chi connectivity index (χ2v) is 5.55. The van der Waals surface area contributed by atoms with E-state index in [4.69, 9.17) is 0 Å². The summed E-state index contributed by atoms with van der Waals surface area (Å²) in [5.41, 5.74) is 5.42. The summed E-state index contributed by atoms with van der Waals surface area (Å²) in [6.45, 7) is 2.06. The first kappa shape index (κ1) is 9.42. The monoisotopic (exact) mass is 240 g/mol. The number of rotatable bonds is 0. The SMILES string of the molecule is Cc1cn2c3c(sc2n1)-c1ccccc1CC3. The number of aryl methyl sites for hydroxylation is 3. The first-order valence-electron chi connectivity index (χ1n) is 5.88. The van der Waals surface area contributed by atoms with Gasteiger partial charge in [-0.25, -0.2) is 4.98 Å². The number of nitrogens with zero attached hydrogens (tertiary/aromatic N) is 2. The molecule has 0 atom stereocenters. The zero-order valence-corrected chi connectivity index (χ0v) is 10.4. The van der Waals surface area contributed by atoms with Crippen LogP contribution in [0.4, 0.5) is 0 Å². The quantitative estimate of drug-likeness (QED) is 0.588. The molecule has 2 nitrogen and oxygen atoms in total. The van der Waals surface area contributed by atoms with Crippen LogP contribution in [0.3, 0.4) is 0 Å². The van der Waals surface area contributed by atoms with Crippen LogP contribution in [0, 0.1) is 6.92 Å². The second-order valence-electron chi connectivity index (χ2n) is 4.57. The molecule has 4 rings (SSSR count). The highest BCUT2D eigenvalue weighted by Crippen LogP contribution is 2.39. The molecular weight excluding hydrogens is 228 g/mol. The highest BCUT2D eigenvalue weighted by atomic mass is 32.1. The van der Waals surface area contributed by atoms with Crippen LogP contribution in [0.2, 0.25) is 0 Å². The van der Waals surface area contributed by atoms with Gasteiger partial charge in [-0.05, 0) is 30.9 Å². The van der Waals surface area contributed by atoms with Gasteiger partial charge in [-0.2, -0.15) is 0 Å². The van der Waals surface area contributed by atoms with Crippen LogP contribution < -0.4 is 0 Å². The van der Waals surface area contributed by atoms with Crippen molar-refractivity contribution in [3.05, 3.63) is 47.4 Å². The Bertz CT molecular complexity index is 721. The molecular formula is C14H12N2S. The number of imidazole rings is 1. The van der Waals surface area contributed by atoms with E-state index in [2.05, 4.69) is 46.8 Å². The van der Waals surface area contributed by atoms with E-state index in [9.17, 15) is 0 Å². The minimum Gasteiger partial charge on any atom is -0.294 e. The van der Waals surface area contributed by atoms with E-state index in [-0.39, 0.29) is 0 Å². The van der Waals surface area contributed by atoms with Gasteiger partial charge in [0.25, 0.3) is 0 Å². The lowest BCUT2D eigenvalue weighted by molar-refractivity contribution is 0.884. The van der Waals surface area contributed by atoms with Gasteiger partial charge in [0.2, 0.25) is 0 Å². The van der Waals surface area contributed by atoms with E-state index in [0.717, 1.165) is 23.5 Å². The van der Waals surface area contributed by atoms with Crippen molar-refractivity contribution in [2.75, 3.05) is 0 Å². The molecule has 1 aromatic carbocycles. The van der Waals surface area contributed by atoms with E-state index in [1.807, 2.05) is 11.3 Å². The summed E-state index contributed by atoms with van der Waals surface area (Å²) in [7, 11) is 0. The summed E-state index contributed by atoms with van der Waals surface area (Å²) in [5, 5.41) is 0. The Hall–Kier alpha value is -1.61. The lowest BCUT2D eigenvalue weighted by Gasteiger charge is -2.15. The molecule has 0 N–H and O–H groups in total. The molecule has 17 heavy (non-hydrogen) atoms. The van der Waals surface area contributed by atoms with Crippen molar-refractivity contribution < 1.29 is 0 Å². The van der Waals surface area contributed by atoms with Crippen molar-refractivity contribution in [1.29, 1.82) is 0 Å². The first-order chi connectivity index (χ1) is 8.33. The van der Waals surface area contributed by atoms with Gasteiger partial charge in [0, 0.05) is 11.9 Å². The standard InChI is InChI=1S/C14H12N2S/c1-9-8-16-12-7-6-10-4-2-3-5-11(10)13(12)17-14(16)15-9/h2-5,8H,6-7H2,1H3. The zero-order valence-electron chi connectivity index (χ0n) is 9.60. The van der Waals surface area contributed by atoms with Gasteiger partial charge < -0.3 is 0 Å². The van der Waals surface area contributed by atoms with Gasteiger partial charge in [0.1, 0.15) is 0 Å². The molecule has 0 fully saturated rings. The summed E-state index contributed by atoms with van der Waals surface area (Å²) >= 11 is 1.82. The largest absolute Gasteiger partial charge is 0.294 e. The molecule has 0 bridgehead atoms. The van der Waals surface area contributed by atoms with Crippen LogP contribution in [-0.2, 0) is 12.8 Å². The minimum absolute atomic E-state index is 1.11. The first-order valence-corrected chi connectivity index (χ1v) is 6.70. The topological polar surface area (TPSA) is 17.3 Å². The maximum absolute atomic E-state index is 4.57. The normalized spacial score (nSPS) is 13.7. The van der Waals surface area contributed by atoms with Gasteiger partial charge in [0.05, 0.1) is 10.6 Å². The van der Waals surface area contributed by atoms with Crippen LogP contribution in [0.1, 0.15) is 17.0 Å². The Morgan fingerprint density at radius 2 is 2.12 bits per heavy atom. The fourth-order valence-electron chi connectivity index (χ4n) is 2.66. The molecule has 0 saturated carbocycles. The lowest BCUT2D eigenvalue weighted by Crippen LogP contribution is -2.03. The van der Waals surface area contributed by atoms with Crippen molar-refractivity contribution in [2.45, 2.75) is 19.8 Å². The van der Waals surface area contributed by atoms with Crippen LogP contribution >= 0.6 is 11.3 Å². The highest BCUT2D eigenvalue weighted by molar-refractivity contribution is 7.20. The molecule has 1 aliphatic carbocycles. The number of aromatic nitrogens is 2. The van der Waals surface area contributed by atoms with Crippen molar-refractivity contribution in [2.24, 2.45) is 0 Å². The minimum atomic E-state index is 1.11. The lowest BCUT2D eigenvalue weighted by atomic mass is 9.94. The third-order valence-electron chi connectivity index (χ3n) is 3.43. The molecule has 1 aliphatic rings. The van der Waals surface area contributed by atoms with Crippen LogP contribution in [0.15, 0.2) is 30.5 Å². The Morgan fingerprint density at radius 1 is 1.24 bits per heavy atom. The maximum Gasteiger partial charge on any atom is 0.194 e. The fraction of sp³-hybridized carbons (Fsp3) is 0.214. The molecule has 3 aromatic rings. The number of fused-ring (bicyclic) bond motifs is 5. The van der Waals surface area contributed by atoms with E-state index >= 15 is 0 Å². The van der Waals surface area contributed by atoms with Crippen molar-refractivity contribution >= 4 is 16.3 Å². The zero-order chi connectivity index (χ0) is 11.4. The molecule has 3 heteroatoms. The molecule has 0 radical (unpaired) electrons. The van der Waals surface area contributed by atoms with Crippen LogP contribution in [0.25, 0.3) is 15.4 Å². The van der Waals surface area contributed by atoms with Gasteiger partial charge in [0.15, 0.2) is 4.96 Å². The third-order valence-corrected chi connectivity index (χ3v) is 4.56. The Kier molecular flexibility index (Phi) is 1.77. The van der Waals surface area contributed by atoms with Gasteiger partial charge >= 0.3 is 0 Å². The third kappa shape index (κ3) is 1.23. The average Bonchev–Trinajstić information content (AvgIpc) is 2.85. The summed E-state index contributed by atoms with van der Waals surface area (Å²) < 4.78 is 2.27. The number of thiazole rings is 1. The maximum atomic E-state index is 4.57.